The van der Waals surface area contributed by atoms with Gasteiger partial charge in [-0.05, 0) is 6.07 Å². The van der Waals surface area contributed by atoms with Gasteiger partial charge in [-0.1, -0.05) is 0 Å². The lowest BCUT2D eigenvalue weighted by Crippen LogP contribution is -2.13. The molecule has 0 aliphatic rings. The van der Waals surface area contributed by atoms with E-state index in [9.17, 15) is 14.9 Å². The summed E-state index contributed by atoms with van der Waals surface area (Å²) >= 11 is 5.40. The second-order valence-corrected chi connectivity index (χ2v) is 3.35. The fraction of sp³-hybridized carbons (Fsp3) is 0.111. The van der Waals surface area contributed by atoms with Gasteiger partial charge >= 0.3 is 0 Å². The van der Waals surface area contributed by atoms with Gasteiger partial charge < -0.3 is 0 Å². The molecule has 0 radical (unpaired) electrons. The summed E-state index contributed by atoms with van der Waals surface area (Å²) < 4.78 is 1.06. The number of non-ortho nitro benzene ring substituents is 1. The van der Waals surface area contributed by atoms with E-state index in [4.69, 9.17) is 11.6 Å². The van der Waals surface area contributed by atoms with Crippen LogP contribution in [0.3, 0.4) is 0 Å². The van der Waals surface area contributed by atoms with E-state index in [2.05, 4.69) is 5.10 Å². The van der Waals surface area contributed by atoms with Crippen molar-refractivity contribution in [3.8, 4) is 0 Å². The van der Waals surface area contributed by atoms with Crippen molar-refractivity contribution in [1.82, 2.24) is 9.78 Å². The number of rotatable bonds is 2. The standard InChI is InChI=1S/C9H6ClN3O3/c10-4-9(14)12-8-3-7(13(15)16)2-1-6(8)5-11-12/h1-3,5H,4H2. The highest BCUT2D eigenvalue weighted by Crippen LogP contribution is 2.20. The smallest absolute Gasteiger partial charge is 0.271 e. The molecule has 0 bridgehead atoms. The van der Waals surface area contributed by atoms with Gasteiger partial charge in [-0.3, -0.25) is 14.9 Å². The van der Waals surface area contributed by atoms with E-state index in [1.165, 1.54) is 18.3 Å². The van der Waals surface area contributed by atoms with E-state index in [-0.39, 0.29) is 11.6 Å². The highest BCUT2D eigenvalue weighted by molar-refractivity contribution is 6.27. The molecule has 0 aliphatic heterocycles. The Morgan fingerprint density at radius 3 is 2.94 bits per heavy atom. The van der Waals surface area contributed by atoms with Gasteiger partial charge in [0.25, 0.3) is 11.6 Å². The van der Waals surface area contributed by atoms with Gasteiger partial charge in [-0.15, -0.1) is 11.6 Å². The van der Waals surface area contributed by atoms with Crippen LogP contribution in [0.2, 0.25) is 0 Å². The zero-order chi connectivity index (χ0) is 11.7. The third kappa shape index (κ3) is 1.63. The van der Waals surface area contributed by atoms with E-state index in [1.54, 1.807) is 6.07 Å². The van der Waals surface area contributed by atoms with Gasteiger partial charge in [0.2, 0.25) is 0 Å². The molecule has 2 aromatic rings. The number of nitro groups is 1. The predicted molar refractivity (Wildman–Crippen MR) is 57.7 cm³/mol. The maximum absolute atomic E-state index is 11.4. The summed E-state index contributed by atoms with van der Waals surface area (Å²) in [7, 11) is 0. The minimum Gasteiger partial charge on any atom is -0.271 e. The van der Waals surface area contributed by atoms with Crippen molar-refractivity contribution >= 4 is 34.1 Å². The summed E-state index contributed by atoms with van der Waals surface area (Å²) in [5, 5.41) is 15.1. The van der Waals surface area contributed by atoms with E-state index in [0.717, 1.165) is 4.68 Å². The number of benzene rings is 1. The van der Waals surface area contributed by atoms with Crippen LogP contribution in [0.4, 0.5) is 5.69 Å². The molecule has 0 spiro atoms. The molecule has 16 heavy (non-hydrogen) atoms. The second-order valence-electron chi connectivity index (χ2n) is 3.08. The van der Waals surface area contributed by atoms with Crippen LogP contribution >= 0.6 is 11.6 Å². The van der Waals surface area contributed by atoms with Crippen molar-refractivity contribution < 1.29 is 9.72 Å². The first-order chi connectivity index (χ1) is 7.63. The average molecular weight is 240 g/mol. The minimum atomic E-state index is -0.526. The molecular formula is C9H6ClN3O3. The summed E-state index contributed by atoms with van der Waals surface area (Å²) in [4.78, 5) is 21.4. The first kappa shape index (κ1) is 10.6. The molecule has 1 aromatic heterocycles. The highest BCUT2D eigenvalue weighted by atomic mass is 35.5. The quantitative estimate of drug-likeness (QED) is 0.455. The summed E-state index contributed by atoms with van der Waals surface area (Å²) in [6.07, 6.45) is 1.46. The van der Waals surface area contributed by atoms with Gasteiger partial charge in [-0.2, -0.15) is 9.78 Å². The maximum atomic E-state index is 11.4. The number of alkyl halides is 1. The van der Waals surface area contributed by atoms with Crippen LogP contribution in [-0.2, 0) is 0 Å². The van der Waals surface area contributed by atoms with Crippen LogP contribution in [0.5, 0.6) is 0 Å². The van der Waals surface area contributed by atoms with Crippen LogP contribution in [-0.4, -0.2) is 26.5 Å². The Morgan fingerprint density at radius 1 is 1.56 bits per heavy atom. The number of nitrogens with zero attached hydrogens (tertiary/aromatic N) is 3. The van der Waals surface area contributed by atoms with Crippen molar-refractivity contribution in [2.24, 2.45) is 0 Å². The lowest BCUT2D eigenvalue weighted by Gasteiger charge is -1.98. The fourth-order valence-electron chi connectivity index (χ4n) is 1.38. The Labute approximate surface area is 94.6 Å². The Bertz CT molecular complexity index is 578. The molecule has 1 aromatic carbocycles. The number of nitro benzene ring substituents is 1. The summed E-state index contributed by atoms with van der Waals surface area (Å²) in [5.74, 6) is -0.642. The molecule has 0 fully saturated rings. The SMILES string of the molecule is O=C(CCl)n1ncc2ccc([N+](=O)[O-])cc21. The molecule has 7 heteroatoms. The van der Waals surface area contributed by atoms with E-state index >= 15 is 0 Å². The number of aromatic nitrogens is 2. The van der Waals surface area contributed by atoms with Crippen LogP contribution < -0.4 is 0 Å². The molecule has 6 nitrogen and oxygen atoms in total. The lowest BCUT2D eigenvalue weighted by molar-refractivity contribution is -0.384. The Kier molecular flexibility index (Phi) is 2.57. The summed E-state index contributed by atoms with van der Waals surface area (Å²) in [5.41, 5.74) is 0.302. The van der Waals surface area contributed by atoms with Crippen LogP contribution in [0.25, 0.3) is 10.9 Å². The van der Waals surface area contributed by atoms with Crippen molar-refractivity contribution in [1.29, 1.82) is 0 Å². The topological polar surface area (TPSA) is 78.0 Å². The fourth-order valence-corrected chi connectivity index (χ4v) is 1.49. The number of halogens is 1. The summed E-state index contributed by atoms with van der Waals surface area (Å²) in [6, 6.07) is 4.20. The average Bonchev–Trinajstić information content (AvgIpc) is 2.70. The Balaban J connectivity index is 2.64. The number of carbonyl (C=O) groups is 1. The molecule has 1 heterocycles. The third-order valence-corrected chi connectivity index (χ3v) is 2.34. The predicted octanol–water partition coefficient (Wildman–Crippen LogP) is 1.82. The molecule has 0 unspecified atom stereocenters. The zero-order valence-corrected chi connectivity index (χ0v) is 8.72. The normalized spacial score (nSPS) is 10.6. The van der Waals surface area contributed by atoms with Gasteiger partial charge in [0, 0.05) is 17.5 Å². The van der Waals surface area contributed by atoms with Gasteiger partial charge in [0.1, 0.15) is 5.88 Å². The Morgan fingerprint density at radius 2 is 2.31 bits per heavy atom. The first-order valence-corrected chi connectivity index (χ1v) is 4.88. The lowest BCUT2D eigenvalue weighted by atomic mass is 10.2. The molecule has 82 valence electrons. The second kappa shape index (κ2) is 3.90. The molecule has 0 amide bonds. The van der Waals surface area contributed by atoms with Crippen LogP contribution in [0, 0.1) is 10.1 Å². The molecular weight excluding hydrogens is 234 g/mol. The monoisotopic (exact) mass is 239 g/mol. The maximum Gasteiger partial charge on any atom is 0.271 e. The third-order valence-electron chi connectivity index (χ3n) is 2.12. The molecule has 0 atom stereocenters. The van der Waals surface area contributed by atoms with Crippen molar-refractivity contribution in [2.45, 2.75) is 0 Å². The van der Waals surface area contributed by atoms with Gasteiger partial charge in [0.15, 0.2) is 0 Å². The molecule has 2 rings (SSSR count). The number of carbonyl (C=O) groups excluding carboxylic acids is 1. The number of fused-ring (bicyclic) bond motifs is 1. The van der Waals surface area contributed by atoms with E-state index < -0.39 is 10.8 Å². The van der Waals surface area contributed by atoms with Gasteiger partial charge in [0.05, 0.1) is 16.6 Å². The first-order valence-electron chi connectivity index (χ1n) is 4.35. The van der Waals surface area contributed by atoms with E-state index in [1.807, 2.05) is 0 Å². The van der Waals surface area contributed by atoms with Crippen LogP contribution in [0.1, 0.15) is 4.79 Å². The zero-order valence-electron chi connectivity index (χ0n) is 7.96. The van der Waals surface area contributed by atoms with Crippen molar-refractivity contribution in [2.75, 3.05) is 5.88 Å². The molecule has 0 saturated heterocycles. The highest BCUT2D eigenvalue weighted by Gasteiger charge is 2.13. The largest absolute Gasteiger partial charge is 0.271 e. The molecule has 0 aliphatic carbocycles. The van der Waals surface area contributed by atoms with Crippen LogP contribution in [0.15, 0.2) is 24.4 Å². The molecule has 0 saturated carbocycles. The van der Waals surface area contributed by atoms with Crippen molar-refractivity contribution in [3.63, 3.8) is 0 Å². The summed E-state index contributed by atoms with van der Waals surface area (Å²) in [6.45, 7) is 0. The minimum absolute atomic E-state index is 0.0865. The Hall–Kier alpha value is -1.95. The number of hydrogen-bond donors (Lipinski definition) is 0. The molecule has 0 N–H and O–H groups in total. The number of hydrogen-bond acceptors (Lipinski definition) is 4. The van der Waals surface area contributed by atoms with E-state index in [0.29, 0.717) is 10.9 Å². The van der Waals surface area contributed by atoms with Crippen molar-refractivity contribution in [3.05, 3.63) is 34.5 Å². The van der Waals surface area contributed by atoms with Gasteiger partial charge in [-0.25, -0.2) is 0 Å².